The number of hydrogen-bond donors (Lipinski definition) is 2. The number of nitrogens with one attached hydrogen (secondary N) is 2. The van der Waals surface area contributed by atoms with Gasteiger partial charge in [0, 0.05) is 12.2 Å². The van der Waals surface area contributed by atoms with Gasteiger partial charge in [-0.2, -0.15) is 5.10 Å². The minimum Gasteiger partial charge on any atom is -0.338 e. The van der Waals surface area contributed by atoms with Gasteiger partial charge in [-0.3, -0.25) is 0 Å². The number of urea groups is 1. The van der Waals surface area contributed by atoms with Crippen LogP contribution in [0.15, 0.2) is 42.0 Å². The first-order valence-electron chi connectivity index (χ1n) is 8.99. The lowest BCUT2D eigenvalue weighted by Crippen LogP contribution is -2.30. The zero-order valence-electron chi connectivity index (χ0n) is 15.0. The number of para-hydroxylation sites is 2. The molecule has 1 aromatic heterocycles. The molecule has 2 amide bonds. The number of carbonyl (C=O) groups is 1. The maximum atomic E-state index is 12.3. The first-order valence-corrected chi connectivity index (χ1v) is 8.99. The molecule has 1 heterocycles. The van der Waals surface area contributed by atoms with Crippen LogP contribution in [-0.2, 0) is 0 Å². The van der Waals surface area contributed by atoms with Crippen molar-refractivity contribution in [3.8, 4) is 5.69 Å². The molecule has 5 nitrogen and oxygen atoms in total. The second-order valence-corrected chi connectivity index (χ2v) is 6.60. The number of carbonyl (C=O) groups excluding carboxylic acids is 1. The molecule has 3 rings (SSSR count). The van der Waals surface area contributed by atoms with Gasteiger partial charge < -0.3 is 10.6 Å². The summed E-state index contributed by atoms with van der Waals surface area (Å²) in [4.78, 5) is 12.3. The van der Waals surface area contributed by atoms with Crippen molar-refractivity contribution in [1.29, 1.82) is 0 Å². The fraction of sp³-hybridized carbons (Fsp3) is 0.400. The minimum atomic E-state index is -0.176. The first kappa shape index (κ1) is 17.3. The Bertz CT molecular complexity index is 776. The highest BCUT2D eigenvalue weighted by atomic mass is 16.2. The molecule has 0 radical (unpaired) electrons. The van der Waals surface area contributed by atoms with Crippen LogP contribution in [0.5, 0.6) is 0 Å². The van der Waals surface area contributed by atoms with Crippen LogP contribution in [0, 0.1) is 13.8 Å². The topological polar surface area (TPSA) is 59.0 Å². The highest BCUT2D eigenvalue weighted by Crippen LogP contribution is 2.22. The smallest absolute Gasteiger partial charge is 0.319 e. The molecule has 5 heteroatoms. The van der Waals surface area contributed by atoms with E-state index < -0.39 is 0 Å². The molecule has 25 heavy (non-hydrogen) atoms. The monoisotopic (exact) mass is 338 g/mol. The van der Waals surface area contributed by atoms with E-state index in [9.17, 15) is 4.79 Å². The number of nitrogens with zero attached hydrogens (tertiary/aromatic N) is 2. The highest BCUT2D eigenvalue weighted by Gasteiger charge is 2.11. The fourth-order valence-corrected chi connectivity index (χ4v) is 3.27. The average molecular weight is 338 g/mol. The lowest BCUT2D eigenvalue weighted by molar-refractivity contribution is 0.252. The van der Waals surface area contributed by atoms with Gasteiger partial charge in [-0.15, -0.1) is 0 Å². The van der Waals surface area contributed by atoms with Crippen LogP contribution in [0.2, 0.25) is 0 Å². The molecule has 0 bridgehead atoms. The predicted octanol–water partition coefficient (Wildman–Crippen LogP) is 4.50. The number of anilines is 1. The van der Waals surface area contributed by atoms with Crippen molar-refractivity contribution in [1.82, 2.24) is 15.1 Å². The number of aromatic nitrogens is 2. The Kier molecular flexibility index (Phi) is 5.53. The molecule has 1 aliphatic carbocycles. The normalized spacial score (nSPS) is 14.1. The molecule has 1 aromatic carbocycles. The van der Waals surface area contributed by atoms with E-state index in [2.05, 4.69) is 21.8 Å². The first-order chi connectivity index (χ1) is 12.1. The van der Waals surface area contributed by atoms with E-state index in [-0.39, 0.29) is 6.03 Å². The van der Waals surface area contributed by atoms with Gasteiger partial charge in [0.1, 0.15) is 0 Å². The minimum absolute atomic E-state index is 0.176. The van der Waals surface area contributed by atoms with Crippen molar-refractivity contribution >= 4 is 11.7 Å². The zero-order valence-corrected chi connectivity index (χ0v) is 15.0. The lowest BCUT2D eigenvalue weighted by atomic mass is 9.97. The molecule has 0 aliphatic heterocycles. The summed E-state index contributed by atoms with van der Waals surface area (Å²) in [6.45, 7) is 4.64. The summed E-state index contributed by atoms with van der Waals surface area (Å²) in [5.41, 5.74) is 5.09. The molecule has 0 spiro atoms. The van der Waals surface area contributed by atoms with E-state index in [0.717, 1.165) is 29.2 Å². The molecule has 0 saturated heterocycles. The van der Waals surface area contributed by atoms with Gasteiger partial charge in [0.05, 0.1) is 17.1 Å². The van der Waals surface area contributed by atoms with E-state index in [1.165, 1.54) is 31.3 Å². The maximum Gasteiger partial charge on any atom is 0.319 e. The molecule has 0 unspecified atom stereocenters. The van der Waals surface area contributed by atoms with E-state index in [1.54, 1.807) is 0 Å². The summed E-state index contributed by atoms with van der Waals surface area (Å²) in [5.74, 6) is 0. The largest absolute Gasteiger partial charge is 0.338 e. The molecule has 132 valence electrons. The van der Waals surface area contributed by atoms with Crippen LogP contribution in [0.25, 0.3) is 5.69 Å². The van der Waals surface area contributed by atoms with E-state index in [0.29, 0.717) is 6.54 Å². The Morgan fingerprint density at radius 1 is 1.24 bits per heavy atom. The van der Waals surface area contributed by atoms with Crippen LogP contribution in [0.4, 0.5) is 10.5 Å². The average Bonchev–Trinajstić information content (AvgIpc) is 2.94. The Balaban J connectivity index is 1.62. The summed E-state index contributed by atoms with van der Waals surface area (Å²) >= 11 is 0. The van der Waals surface area contributed by atoms with Crippen LogP contribution < -0.4 is 10.6 Å². The molecule has 1 aliphatic rings. The summed E-state index contributed by atoms with van der Waals surface area (Å²) in [7, 11) is 0. The predicted molar refractivity (Wildman–Crippen MR) is 101 cm³/mol. The molecular weight excluding hydrogens is 312 g/mol. The number of aryl methyl sites for hydroxylation is 2. The van der Waals surface area contributed by atoms with E-state index >= 15 is 0 Å². The van der Waals surface area contributed by atoms with Gasteiger partial charge >= 0.3 is 6.03 Å². The third-order valence-electron chi connectivity index (χ3n) is 4.51. The summed E-state index contributed by atoms with van der Waals surface area (Å²) in [6.07, 6.45) is 8.17. The second-order valence-electron chi connectivity index (χ2n) is 6.60. The Morgan fingerprint density at radius 3 is 2.80 bits per heavy atom. The van der Waals surface area contributed by atoms with Gasteiger partial charge in [-0.1, -0.05) is 23.8 Å². The number of benzene rings is 1. The number of amides is 2. The molecule has 0 atom stereocenters. The number of rotatable bonds is 5. The van der Waals surface area contributed by atoms with Gasteiger partial charge in [0.25, 0.3) is 0 Å². The van der Waals surface area contributed by atoms with Crippen molar-refractivity contribution in [3.63, 3.8) is 0 Å². The zero-order chi connectivity index (χ0) is 17.6. The molecule has 2 N–H and O–H groups in total. The molecule has 0 saturated carbocycles. The van der Waals surface area contributed by atoms with Crippen molar-refractivity contribution in [3.05, 3.63) is 53.4 Å². The molecule has 2 aromatic rings. The van der Waals surface area contributed by atoms with E-state index in [4.69, 9.17) is 0 Å². The van der Waals surface area contributed by atoms with Crippen molar-refractivity contribution in [2.45, 2.75) is 46.0 Å². The number of hydrogen-bond acceptors (Lipinski definition) is 2. The summed E-state index contributed by atoms with van der Waals surface area (Å²) < 4.78 is 1.86. The van der Waals surface area contributed by atoms with Gasteiger partial charge in [0.15, 0.2) is 0 Å². The summed E-state index contributed by atoms with van der Waals surface area (Å²) in [6, 6.07) is 9.57. The highest BCUT2D eigenvalue weighted by molar-refractivity contribution is 5.91. The van der Waals surface area contributed by atoms with Crippen LogP contribution >= 0.6 is 0 Å². The molecule has 0 fully saturated rings. The van der Waals surface area contributed by atoms with Crippen molar-refractivity contribution < 1.29 is 4.79 Å². The third-order valence-corrected chi connectivity index (χ3v) is 4.51. The van der Waals surface area contributed by atoms with Crippen LogP contribution in [0.1, 0.15) is 43.5 Å². The van der Waals surface area contributed by atoms with E-state index in [1.807, 2.05) is 48.9 Å². The van der Waals surface area contributed by atoms with Gasteiger partial charge in [0.2, 0.25) is 0 Å². The van der Waals surface area contributed by atoms with Crippen LogP contribution in [-0.4, -0.2) is 22.4 Å². The lowest BCUT2D eigenvalue weighted by Gasteiger charge is -2.15. The van der Waals surface area contributed by atoms with Crippen LogP contribution in [0.3, 0.4) is 0 Å². The third kappa shape index (κ3) is 4.50. The van der Waals surface area contributed by atoms with Crippen molar-refractivity contribution in [2.24, 2.45) is 0 Å². The second kappa shape index (κ2) is 8.01. The summed E-state index contributed by atoms with van der Waals surface area (Å²) in [5, 5.41) is 10.4. The van der Waals surface area contributed by atoms with Crippen molar-refractivity contribution in [2.75, 3.05) is 11.9 Å². The van der Waals surface area contributed by atoms with Gasteiger partial charge in [-0.25, -0.2) is 9.48 Å². The molecular formula is C20H26N4O. The fourth-order valence-electron chi connectivity index (χ4n) is 3.27. The number of allylic oxidation sites excluding steroid dienone is 1. The Labute approximate surface area is 149 Å². The SMILES string of the molecule is Cc1cc(C)n(-c2ccccc2NC(=O)NCCC2=CCCCC2)n1. The Hall–Kier alpha value is -2.56. The van der Waals surface area contributed by atoms with Gasteiger partial charge in [-0.05, 0) is 64.2 Å². The maximum absolute atomic E-state index is 12.3. The standard InChI is InChI=1S/C20H26N4O/c1-15-14-16(2)24(23-15)19-11-7-6-10-18(19)22-20(25)21-13-12-17-8-4-3-5-9-17/h6-8,10-11,14H,3-5,9,12-13H2,1-2H3,(H2,21,22,25). The Morgan fingerprint density at radius 2 is 2.08 bits per heavy atom. The quantitative estimate of drug-likeness (QED) is 0.789.